The Hall–Kier alpha value is -4.18. The predicted molar refractivity (Wildman–Crippen MR) is 97.1 cm³/mol. The van der Waals surface area contributed by atoms with Crippen LogP contribution in [-0.2, 0) is 0 Å². The normalized spacial score (nSPS) is 14.9. The molecular weight excluding hydrogens is 334 g/mol. The lowest BCUT2D eigenvalue weighted by Gasteiger charge is -2.27. The lowest BCUT2D eigenvalue weighted by atomic mass is 9.93. The minimum absolute atomic E-state index is 0.0236. The molecule has 8 N–H and O–H groups in total. The van der Waals surface area contributed by atoms with Crippen molar-refractivity contribution >= 4 is 29.0 Å². The molecule has 1 unspecified atom stereocenters. The molecule has 10 heteroatoms. The van der Waals surface area contributed by atoms with Crippen LogP contribution >= 0.6 is 0 Å². The maximum absolute atomic E-state index is 10.4. The van der Waals surface area contributed by atoms with Crippen molar-refractivity contribution in [3.05, 3.63) is 34.9 Å². The van der Waals surface area contributed by atoms with Gasteiger partial charge in [-0.15, -0.1) is 0 Å². The number of nitrogens with two attached hydrogens (primary N) is 2. The molecular formula is C16H15N9O. The number of nitrogens with zero attached hydrogens (tertiary/aromatic N) is 4. The highest BCUT2D eigenvalue weighted by atomic mass is 16.3. The van der Waals surface area contributed by atoms with E-state index in [-0.39, 0.29) is 34.6 Å². The molecule has 2 heterocycles. The molecule has 1 aliphatic heterocycles. The van der Waals surface area contributed by atoms with E-state index in [2.05, 4.69) is 25.9 Å². The topological polar surface area (TPSA) is 181 Å². The summed E-state index contributed by atoms with van der Waals surface area (Å²) in [7, 11) is 1.70. The highest BCUT2D eigenvalue weighted by Gasteiger charge is 2.32. The maximum Gasteiger partial charge on any atom is 0.211 e. The van der Waals surface area contributed by atoms with E-state index in [1.807, 2.05) is 6.07 Å². The van der Waals surface area contributed by atoms with Gasteiger partial charge in [0.25, 0.3) is 0 Å². The first-order valence-electron chi connectivity index (χ1n) is 7.50. The number of hydrogen-bond donors (Lipinski definition) is 6. The smallest absolute Gasteiger partial charge is 0.211 e. The lowest BCUT2D eigenvalue weighted by Crippen LogP contribution is -2.33. The van der Waals surface area contributed by atoms with Crippen molar-refractivity contribution in [3.8, 4) is 18.0 Å². The molecule has 1 aliphatic rings. The van der Waals surface area contributed by atoms with Gasteiger partial charge in [-0.05, 0) is 12.1 Å². The molecule has 0 fully saturated rings. The molecule has 1 aromatic carbocycles. The second kappa shape index (κ2) is 6.37. The molecule has 10 nitrogen and oxygen atoms in total. The lowest BCUT2D eigenvalue weighted by molar-refractivity contribution is 0.466. The summed E-state index contributed by atoms with van der Waals surface area (Å²) in [5, 5.41) is 36.9. The number of rotatable bonds is 2. The fourth-order valence-corrected chi connectivity index (χ4v) is 2.85. The van der Waals surface area contributed by atoms with Gasteiger partial charge in [0.05, 0.1) is 5.69 Å². The summed E-state index contributed by atoms with van der Waals surface area (Å²) in [6, 6.07) is 6.06. The summed E-state index contributed by atoms with van der Waals surface area (Å²) in [4.78, 5) is 8.59. The van der Waals surface area contributed by atoms with E-state index < -0.39 is 6.04 Å². The number of aromatic nitrogens is 1. The fourth-order valence-electron chi connectivity index (χ4n) is 2.85. The van der Waals surface area contributed by atoms with Gasteiger partial charge in [-0.1, -0.05) is 6.07 Å². The number of nitrogen functional groups attached to an aromatic ring is 2. The van der Waals surface area contributed by atoms with Crippen LogP contribution in [0.3, 0.4) is 0 Å². The van der Waals surface area contributed by atoms with Gasteiger partial charge < -0.3 is 27.2 Å². The van der Waals surface area contributed by atoms with Gasteiger partial charge in [0.1, 0.15) is 35.1 Å². The number of pyridine rings is 1. The van der Waals surface area contributed by atoms with Crippen LogP contribution in [0.15, 0.2) is 23.2 Å². The van der Waals surface area contributed by atoms with Gasteiger partial charge in [0.2, 0.25) is 5.96 Å². The summed E-state index contributed by atoms with van der Waals surface area (Å²) in [5.74, 6) is 0.303. The van der Waals surface area contributed by atoms with Crippen molar-refractivity contribution in [2.45, 2.75) is 6.04 Å². The second-order valence-corrected chi connectivity index (χ2v) is 5.39. The molecule has 0 amide bonds. The second-order valence-electron chi connectivity index (χ2n) is 5.39. The van der Waals surface area contributed by atoms with Crippen LogP contribution in [0.4, 0.5) is 23.0 Å². The Morgan fingerprint density at radius 2 is 2.04 bits per heavy atom. The molecule has 3 rings (SSSR count). The molecule has 0 saturated carbocycles. The summed E-state index contributed by atoms with van der Waals surface area (Å²) in [5.41, 5.74) is 13.5. The average molecular weight is 349 g/mol. The van der Waals surface area contributed by atoms with E-state index in [9.17, 15) is 10.4 Å². The van der Waals surface area contributed by atoms with Gasteiger partial charge in [0.15, 0.2) is 6.19 Å². The summed E-state index contributed by atoms with van der Waals surface area (Å²) < 4.78 is 0. The minimum atomic E-state index is -0.814. The van der Waals surface area contributed by atoms with Gasteiger partial charge >= 0.3 is 0 Å². The molecule has 0 aliphatic carbocycles. The van der Waals surface area contributed by atoms with E-state index in [1.165, 1.54) is 6.07 Å². The van der Waals surface area contributed by atoms with Gasteiger partial charge in [-0.2, -0.15) is 10.5 Å². The number of aromatic hydroxyl groups is 1. The van der Waals surface area contributed by atoms with E-state index >= 15 is 0 Å². The van der Waals surface area contributed by atoms with Gasteiger partial charge in [-0.3, -0.25) is 5.32 Å². The highest BCUT2D eigenvalue weighted by molar-refractivity contribution is 5.98. The third kappa shape index (κ3) is 2.52. The molecule has 130 valence electrons. The number of nitrogens with one attached hydrogen (secondary N) is 3. The number of nitriles is 2. The van der Waals surface area contributed by atoms with Crippen LogP contribution in [0, 0.1) is 22.8 Å². The molecule has 0 saturated heterocycles. The molecule has 2 aromatic rings. The van der Waals surface area contributed by atoms with E-state index in [0.29, 0.717) is 16.8 Å². The summed E-state index contributed by atoms with van der Waals surface area (Å²) in [6.07, 6.45) is 1.77. The number of hydrogen-bond acceptors (Lipinski definition) is 10. The van der Waals surface area contributed by atoms with Crippen molar-refractivity contribution < 1.29 is 5.11 Å². The van der Waals surface area contributed by atoms with Gasteiger partial charge in [0, 0.05) is 23.9 Å². The first kappa shape index (κ1) is 16.7. The van der Waals surface area contributed by atoms with Crippen LogP contribution in [0.1, 0.15) is 22.7 Å². The highest BCUT2D eigenvalue weighted by Crippen LogP contribution is 2.45. The van der Waals surface area contributed by atoms with Crippen LogP contribution in [0.5, 0.6) is 5.75 Å². The zero-order valence-electron chi connectivity index (χ0n) is 13.7. The van der Waals surface area contributed by atoms with Crippen molar-refractivity contribution in [1.29, 1.82) is 10.5 Å². The molecule has 1 aromatic heterocycles. The molecule has 0 bridgehead atoms. The number of guanidine groups is 1. The average Bonchev–Trinajstić information content (AvgIpc) is 2.61. The van der Waals surface area contributed by atoms with Crippen molar-refractivity contribution in [2.24, 2.45) is 4.99 Å². The molecule has 26 heavy (non-hydrogen) atoms. The van der Waals surface area contributed by atoms with Crippen molar-refractivity contribution in [2.75, 3.05) is 29.1 Å². The van der Waals surface area contributed by atoms with Crippen LogP contribution in [0.2, 0.25) is 0 Å². The number of aliphatic imine (C=N–C) groups is 1. The molecule has 0 spiro atoms. The summed E-state index contributed by atoms with van der Waals surface area (Å²) in [6.45, 7) is 0. The standard InChI is InChI=1S/C16H15N9O/c1-21-8-3-2-4-9(26)10(8)13-11-12(19)7(5-17)14(20)24-15(11)25-16(23-13)22-6-18/h2-4,13,21,26H,1H3,(H6,19,20,22,23,24,25). The molecule has 1 atom stereocenters. The Labute approximate surface area is 148 Å². The Bertz CT molecular complexity index is 1000. The largest absolute Gasteiger partial charge is 0.507 e. The van der Waals surface area contributed by atoms with E-state index in [0.717, 1.165) is 0 Å². The van der Waals surface area contributed by atoms with E-state index in [4.69, 9.17) is 16.7 Å². The number of phenolic OH excluding ortho intramolecular Hbond substituents is 1. The van der Waals surface area contributed by atoms with Crippen molar-refractivity contribution in [3.63, 3.8) is 0 Å². The Morgan fingerprint density at radius 3 is 2.69 bits per heavy atom. The Morgan fingerprint density at radius 1 is 1.27 bits per heavy atom. The number of phenols is 1. The van der Waals surface area contributed by atoms with Gasteiger partial charge in [-0.25, -0.2) is 9.98 Å². The van der Waals surface area contributed by atoms with Crippen LogP contribution < -0.4 is 27.4 Å². The SMILES string of the molecule is CNc1cccc(O)c1C1N=C(NC#N)Nc2nc(N)c(C#N)c(N)c21. The predicted octanol–water partition coefficient (Wildman–Crippen LogP) is 0.807. The zero-order chi connectivity index (χ0) is 18.8. The quantitative estimate of drug-likeness (QED) is 0.337. The third-order valence-corrected chi connectivity index (χ3v) is 3.98. The minimum Gasteiger partial charge on any atom is -0.507 e. The maximum atomic E-state index is 10.4. The number of fused-ring (bicyclic) bond motifs is 1. The zero-order valence-corrected chi connectivity index (χ0v) is 13.7. The first-order chi connectivity index (χ1) is 12.5. The fraction of sp³-hybridized carbons (Fsp3) is 0.125. The van der Waals surface area contributed by atoms with E-state index in [1.54, 1.807) is 25.4 Å². The van der Waals surface area contributed by atoms with Crippen LogP contribution in [0.25, 0.3) is 0 Å². The van der Waals surface area contributed by atoms with Crippen molar-refractivity contribution in [1.82, 2.24) is 10.3 Å². The third-order valence-electron chi connectivity index (χ3n) is 3.98. The number of benzene rings is 1. The Balaban J connectivity index is 2.33. The van der Waals surface area contributed by atoms with Crippen LogP contribution in [-0.4, -0.2) is 23.1 Å². The number of anilines is 4. The first-order valence-corrected chi connectivity index (χ1v) is 7.50. The molecule has 0 radical (unpaired) electrons. The monoisotopic (exact) mass is 349 g/mol. The summed E-state index contributed by atoms with van der Waals surface area (Å²) >= 11 is 0. The Kier molecular flexibility index (Phi) is 4.09.